The molecule has 1 heterocycles. The van der Waals surface area contributed by atoms with Gasteiger partial charge in [-0.15, -0.1) is 0 Å². The average Bonchev–Trinajstić information content (AvgIpc) is 2.58. The molecule has 0 aliphatic heterocycles. The van der Waals surface area contributed by atoms with E-state index < -0.39 is 23.4 Å². The summed E-state index contributed by atoms with van der Waals surface area (Å²) in [5.41, 5.74) is -1.92. The first-order valence-corrected chi connectivity index (χ1v) is 8.14. The van der Waals surface area contributed by atoms with Crippen molar-refractivity contribution < 1.29 is 18.4 Å². The molecule has 0 bridgehead atoms. The highest BCUT2D eigenvalue weighted by Crippen LogP contribution is 2.38. The second-order valence-electron chi connectivity index (χ2n) is 5.98. The Morgan fingerprint density at radius 1 is 1.40 bits per heavy atom. The van der Waals surface area contributed by atoms with Gasteiger partial charge in [-0.25, -0.2) is 8.78 Å². The van der Waals surface area contributed by atoms with Gasteiger partial charge in [-0.05, 0) is 30.7 Å². The molecule has 0 fully saturated rings. The Labute approximate surface area is 148 Å². The Hall–Kier alpha value is -2.34. The molecule has 25 heavy (non-hydrogen) atoms. The van der Waals surface area contributed by atoms with Crippen LogP contribution in [0.2, 0.25) is 5.02 Å². The lowest BCUT2D eigenvalue weighted by molar-refractivity contribution is -0.135. The first-order valence-electron chi connectivity index (χ1n) is 7.76. The summed E-state index contributed by atoms with van der Waals surface area (Å²) in [6.07, 6.45) is 1.04. The summed E-state index contributed by atoms with van der Waals surface area (Å²) in [5, 5.41) is 2.70. The number of carbonyl (C=O) groups excluding carboxylic acids is 2. The first kappa shape index (κ1) is 17.5. The van der Waals surface area contributed by atoms with Crippen molar-refractivity contribution in [3.63, 3.8) is 0 Å². The molecule has 4 nitrogen and oxygen atoms in total. The van der Waals surface area contributed by atoms with Crippen LogP contribution in [0.25, 0.3) is 0 Å². The second kappa shape index (κ2) is 6.52. The van der Waals surface area contributed by atoms with E-state index in [1.807, 2.05) is 0 Å². The third-order valence-electron chi connectivity index (χ3n) is 4.33. The summed E-state index contributed by atoms with van der Waals surface area (Å²) < 4.78 is 28.6. The van der Waals surface area contributed by atoms with E-state index >= 15 is 4.39 Å². The zero-order chi connectivity index (χ0) is 18.2. The van der Waals surface area contributed by atoms with Gasteiger partial charge in [0.1, 0.15) is 11.5 Å². The number of nitrogens with one attached hydrogen (secondary N) is 1. The summed E-state index contributed by atoms with van der Waals surface area (Å²) in [5.74, 6) is -1.66. The largest absolute Gasteiger partial charge is 0.346 e. The van der Waals surface area contributed by atoms with E-state index in [9.17, 15) is 14.0 Å². The summed E-state index contributed by atoms with van der Waals surface area (Å²) >= 11 is 5.99. The zero-order valence-corrected chi connectivity index (χ0v) is 14.1. The van der Waals surface area contributed by atoms with E-state index in [0.717, 1.165) is 6.07 Å². The third-order valence-corrected chi connectivity index (χ3v) is 4.66. The van der Waals surface area contributed by atoms with Crippen molar-refractivity contribution in [3.8, 4) is 0 Å². The standard InChI is InChI=1S/C18H15ClF2N2O2/c1-10(12-5-4-11(20)9-14(12)19)23-17(25)18(21)7-6-15(24)16-13(18)3-2-8-22-16/h2-5,8-10H,6-7H2,1H3,(H,23,25)/t10-,18?/m1/s1. The molecule has 3 rings (SSSR count). The van der Waals surface area contributed by atoms with Crippen molar-refractivity contribution >= 4 is 23.3 Å². The summed E-state index contributed by atoms with van der Waals surface area (Å²) in [6.45, 7) is 1.62. The van der Waals surface area contributed by atoms with Crippen LogP contribution < -0.4 is 5.32 Å². The number of carbonyl (C=O) groups is 2. The van der Waals surface area contributed by atoms with Crippen LogP contribution in [-0.4, -0.2) is 16.7 Å². The predicted octanol–water partition coefficient (Wildman–Crippen LogP) is 3.89. The van der Waals surface area contributed by atoms with Crippen LogP contribution in [0, 0.1) is 5.82 Å². The van der Waals surface area contributed by atoms with E-state index in [0.29, 0.717) is 5.56 Å². The van der Waals surface area contributed by atoms with Crippen LogP contribution in [-0.2, 0) is 10.5 Å². The number of hydrogen-bond acceptors (Lipinski definition) is 3. The van der Waals surface area contributed by atoms with Gasteiger partial charge >= 0.3 is 0 Å². The van der Waals surface area contributed by atoms with Gasteiger partial charge in [0.25, 0.3) is 5.91 Å². The van der Waals surface area contributed by atoms with Crippen molar-refractivity contribution in [2.24, 2.45) is 0 Å². The molecule has 0 radical (unpaired) electrons. The molecule has 130 valence electrons. The topological polar surface area (TPSA) is 59.1 Å². The van der Waals surface area contributed by atoms with Gasteiger partial charge in [-0.2, -0.15) is 0 Å². The number of halogens is 3. The Balaban J connectivity index is 1.88. The summed E-state index contributed by atoms with van der Waals surface area (Å²) in [7, 11) is 0. The van der Waals surface area contributed by atoms with Crippen molar-refractivity contribution in [2.75, 3.05) is 0 Å². The van der Waals surface area contributed by atoms with Gasteiger partial charge in [0.15, 0.2) is 5.78 Å². The zero-order valence-electron chi connectivity index (χ0n) is 13.4. The molecule has 1 aromatic carbocycles. The highest BCUT2D eigenvalue weighted by atomic mass is 35.5. The monoisotopic (exact) mass is 364 g/mol. The van der Waals surface area contributed by atoms with Crippen LogP contribution in [0.15, 0.2) is 36.5 Å². The fourth-order valence-corrected chi connectivity index (χ4v) is 3.29. The lowest BCUT2D eigenvalue weighted by atomic mass is 9.81. The molecule has 1 N–H and O–H groups in total. The third kappa shape index (κ3) is 3.14. The quantitative estimate of drug-likeness (QED) is 0.898. The summed E-state index contributed by atoms with van der Waals surface area (Å²) in [4.78, 5) is 28.4. The molecule has 1 aromatic heterocycles. The molecule has 1 unspecified atom stereocenters. The van der Waals surface area contributed by atoms with Gasteiger partial charge in [0, 0.05) is 29.6 Å². The lowest BCUT2D eigenvalue weighted by Crippen LogP contribution is -2.45. The maximum Gasteiger partial charge on any atom is 0.262 e. The molecule has 2 atom stereocenters. The van der Waals surface area contributed by atoms with Gasteiger partial charge in [0.05, 0.1) is 6.04 Å². The van der Waals surface area contributed by atoms with E-state index in [1.165, 1.54) is 30.5 Å². The van der Waals surface area contributed by atoms with Crippen molar-refractivity contribution in [3.05, 3.63) is 64.2 Å². The normalized spacial score (nSPS) is 20.7. The van der Waals surface area contributed by atoms with Gasteiger partial charge in [-0.1, -0.05) is 23.7 Å². The van der Waals surface area contributed by atoms with Gasteiger partial charge in [-0.3, -0.25) is 14.6 Å². The van der Waals surface area contributed by atoms with Crippen LogP contribution in [0.3, 0.4) is 0 Å². The minimum atomic E-state index is -2.35. The van der Waals surface area contributed by atoms with Crippen molar-refractivity contribution in [1.29, 1.82) is 0 Å². The fourth-order valence-electron chi connectivity index (χ4n) is 2.96. The van der Waals surface area contributed by atoms with E-state index in [-0.39, 0.29) is 34.9 Å². The molecule has 2 aromatic rings. The molecule has 0 spiro atoms. The summed E-state index contributed by atoms with van der Waals surface area (Å²) in [6, 6.07) is 6.03. The number of amides is 1. The van der Waals surface area contributed by atoms with Crippen LogP contribution in [0.4, 0.5) is 8.78 Å². The number of aromatic nitrogens is 1. The van der Waals surface area contributed by atoms with Crippen molar-refractivity contribution in [1.82, 2.24) is 10.3 Å². The number of nitrogens with zero attached hydrogens (tertiary/aromatic N) is 1. The van der Waals surface area contributed by atoms with Crippen LogP contribution >= 0.6 is 11.6 Å². The number of fused-ring (bicyclic) bond motifs is 1. The SMILES string of the molecule is C[C@@H](NC(=O)C1(F)CCC(=O)c2ncccc21)c1ccc(F)cc1Cl. The minimum Gasteiger partial charge on any atom is -0.346 e. The number of pyridine rings is 1. The van der Waals surface area contributed by atoms with E-state index in [4.69, 9.17) is 11.6 Å². The highest BCUT2D eigenvalue weighted by molar-refractivity contribution is 6.31. The Morgan fingerprint density at radius 3 is 2.88 bits per heavy atom. The fraction of sp³-hybridized carbons (Fsp3) is 0.278. The smallest absolute Gasteiger partial charge is 0.262 e. The Bertz CT molecular complexity index is 859. The van der Waals surface area contributed by atoms with Gasteiger partial charge in [0.2, 0.25) is 5.67 Å². The Morgan fingerprint density at radius 2 is 2.16 bits per heavy atom. The Kier molecular flexibility index (Phi) is 4.56. The van der Waals surface area contributed by atoms with Crippen LogP contribution in [0.5, 0.6) is 0 Å². The number of rotatable bonds is 3. The number of alkyl halides is 1. The van der Waals surface area contributed by atoms with Crippen molar-refractivity contribution in [2.45, 2.75) is 31.5 Å². The van der Waals surface area contributed by atoms with Crippen LogP contribution in [0.1, 0.15) is 47.4 Å². The van der Waals surface area contributed by atoms with E-state index in [1.54, 1.807) is 6.92 Å². The average molecular weight is 365 g/mol. The molecule has 1 aliphatic rings. The number of hydrogen-bond donors (Lipinski definition) is 1. The molecule has 1 amide bonds. The maximum absolute atomic E-state index is 15.5. The number of Topliss-reactive ketones (excluding diaryl/α,β-unsaturated/α-hetero) is 1. The molecular formula is C18H15ClF2N2O2. The highest BCUT2D eigenvalue weighted by Gasteiger charge is 2.47. The first-order chi connectivity index (χ1) is 11.8. The molecule has 1 aliphatic carbocycles. The molecule has 7 heteroatoms. The second-order valence-corrected chi connectivity index (χ2v) is 6.39. The predicted molar refractivity (Wildman–Crippen MR) is 88.6 cm³/mol. The molecule has 0 saturated carbocycles. The molecule has 0 saturated heterocycles. The maximum atomic E-state index is 15.5. The number of ketones is 1. The van der Waals surface area contributed by atoms with Gasteiger partial charge < -0.3 is 5.32 Å². The molecular weight excluding hydrogens is 350 g/mol. The number of benzene rings is 1. The lowest BCUT2D eigenvalue weighted by Gasteiger charge is -2.30. The van der Waals surface area contributed by atoms with E-state index in [2.05, 4.69) is 10.3 Å². The minimum absolute atomic E-state index is 0.0149.